The molecular formula is C11H13ClN2O3. The maximum absolute atomic E-state index is 9.16. The number of aliphatic hydroxyl groups is 3. The number of halogens is 1. The topological polar surface area (TPSA) is 96.5 Å². The highest BCUT2D eigenvalue weighted by Crippen LogP contribution is 2.23. The summed E-state index contributed by atoms with van der Waals surface area (Å²) in [4.78, 5) is 0. The third-order valence-corrected chi connectivity index (χ3v) is 2.64. The summed E-state index contributed by atoms with van der Waals surface area (Å²) in [5, 5.41) is 39.6. The highest BCUT2D eigenvalue weighted by atomic mass is 35.5. The van der Waals surface area contributed by atoms with Gasteiger partial charge < -0.3 is 20.6 Å². The third-order valence-electron chi connectivity index (χ3n) is 2.41. The Labute approximate surface area is 104 Å². The Balaban J connectivity index is 3.06. The maximum Gasteiger partial charge on any atom is 0.107 e. The molecule has 0 aliphatic carbocycles. The molecule has 0 saturated carbocycles. The van der Waals surface area contributed by atoms with E-state index in [1.165, 1.54) is 6.07 Å². The van der Waals surface area contributed by atoms with Crippen LogP contribution in [0, 0.1) is 11.3 Å². The molecule has 1 rings (SSSR count). The van der Waals surface area contributed by atoms with Gasteiger partial charge in [0, 0.05) is 5.02 Å². The second kappa shape index (κ2) is 5.84. The molecule has 0 spiro atoms. The fourth-order valence-electron chi connectivity index (χ4n) is 1.27. The predicted molar refractivity (Wildman–Crippen MR) is 63.8 cm³/mol. The molecule has 6 heteroatoms. The van der Waals surface area contributed by atoms with Crippen LogP contribution in [0.15, 0.2) is 18.2 Å². The lowest BCUT2D eigenvalue weighted by Crippen LogP contribution is -2.49. The van der Waals surface area contributed by atoms with Crippen LogP contribution >= 0.6 is 11.6 Å². The van der Waals surface area contributed by atoms with E-state index in [0.717, 1.165) is 0 Å². The van der Waals surface area contributed by atoms with Crippen molar-refractivity contribution in [3.63, 3.8) is 0 Å². The lowest BCUT2D eigenvalue weighted by molar-refractivity contribution is 0.0833. The number of anilines is 1. The minimum Gasteiger partial charge on any atom is -0.394 e. The van der Waals surface area contributed by atoms with E-state index < -0.39 is 25.4 Å². The first-order valence-electron chi connectivity index (χ1n) is 4.91. The van der Waals surface area contributed by atoms with Gasteiger partial charge in [0.1, 0.15) is 11.6 Å². The third kappa shape index (κ3) is 3.08. The van der Waals surface area contributed by atoms with Crippen molar-refractivity contribution in [2.75, 3.05) is 25.1 Å². The highest BCUT2D eigenvalue weighted by Gasteiger charge is 2.28. The van der Waals surface area contributed by atoms with Crippen LogP contribution in [0.3, 0.4) is 0 Å². The summed E-state index contributed by atoms with van der Waals surface area (Å²) < 4.78 is 0. The van der Waals surface area contributed by atoms with Crippen LogP contribution in [0.4, 0.5) is 5.69 Å². The number of nitriles is 1. The van der Waals surface area contributed by atoms with E-state index in [1.807, 2.05) is 6.07 Å². The Kier molecular flexibility index (Phi) is 4.73. The van der Waals surface area contributed by atoms with Gasteiger partial charge in [0.25, 0.3) is 0 Å². The molecule has 1 aromatic carbocycles. The standard InChI is InChI=1S/C11H13ClN2O3/c12-9-1-2-10(8(3-9)4-13)14-11(5-15,6-16)7-17/h1-3,14-17H,5-7H2. The quantitative estimate of drug-likeness (QED) is 0.609. The van der Waals surface area contributed by atoms with E-state index in [2.05, 4.69) is 5.32 Å². The van der Waals surface area contributed by atoms with Crippen LogP contribution in [-0.4, -0.2) is 40.7 Å². The summed E-state index contributed by atoms with van der Waals surface area (Å²) in [5.41, 5.74) is -0.592. The number of hydrogen-bond donors (Lipinski definition) is 4. The average molecular weight is 257 g/mol. The van der Waals surface area contributed by atoms with Crippen LogP contribution in [0.1, 0.15) is 5.56 Å². The van der Waals surface area contributed by atoms with Crippen molar-refractivity contribution in [1.29, 1.82) is 5.26 Å². The summed E-state index contributed by atoms with van der Waals surface area (Å²) in [6.45, 7) is -1.39. The van der Waals surface area contributed by atoms with Crippen LogP contribution < -0.4 is 5.32 Å². The van der Waals surface area contributed by atoms with E-state index in [0.29, 0.717) is 10.7 Å². The molecule has 92 valence electrons. The van der Waals surface area contributed by atoms with E-state index in [4.69, 9.17) is 32.2 Å². The first-order valence-corrected chi connectivity index (χ1v) is 5.29. The fourth-order valence-corrected chi connectivity index (χ4v) is 1.44. The minimum atomic E-state index is -1.26. The first-order chi connectivity index (χ1) is 8.10. The van der Waals surface area contributed by atoms with E-state index in [-0.39, 0.29) is 5.56 Å². The van der Waals surface area contributed by atoms with Crippen molar-refractivity contribution in [3.8, 4) is 6.07 Å². The Bertz CT molecular complexity index is 419. The zero-order valence-electron chi connectivity index (χ0n) is 9.02. The summed E-state index contributed by atoms with van der Waals surface area (Å²) in [7, 11) is 0. The number of nitrogens with zero attached hydrogens (tertiary/aromatic N) is 1. The van der Waals surface area contributed by atoms with Gasteiger partial charge >= 0.3 is 0 Å². The number of hydrogen-bond acceptors (Lipinski definition) is 5. The van der Waals surface area contributed by atoms with Crippen molar-refractivity contribution >= 4 is 17.3 Å². The molecule has 0 atom stereocenters. The lowest BCUT2D eigenvalue weighted by Gasteiger charge is -2.30. The van der Waals surface area contributed by atoms with Gasteiger partial charge in [-0.15, -0.1) is 0 Å². The number of aliphatic hydroxyl groups excluding tert-OH is 3. The average Bonchev–Trinajstić information content (AvgIpc) is 2.37. The van der Waals surface area contributed by atoms with Gasteiger partial charge in [0.15, 0.2) is 0 Å². The SMILES string of the molecule is N#Cc1cc(Cl)ccc1NC(CO)(CO)CO. The summed E-state index contributed by atoms with van der Waals surface area (Å²) >= 11 is 5.74. The molecule has 1 aromatic rings. The second-order valence-electron chi connectivity index (χ2n) is 3.68. The molecule has 0 radical (unpaired) electrons. The molecule has 5 nitrogen and oxygen atoms in total. The molecule has 0 aliphatic heterocycles. The van der Waals surface area contributed by atoms with Gasteiger partial charge in [0.05, 0.1) is 31.1 Å². The van der Waals surface area contributed by atoms with Crippen molar-refractivity contribution in [2.24, 2.45) is 0 Å². The molecule has 17 heavy (non-hydrogen) atoms. The van der Waals surface area contributed by atoms with E-state index in [1.54, 1.807) is 12.1 Å². The maximum atomic E-state index is 9.16. The molecule has 0 unspecified atom stereocenters. The molecule has 0 bridgehead atoms. The van der Waals surface area contributed by atoms with Crippen molar-refractivity contribution in [1.82, 2.24) is 0 Å². The molecule has 0 aromatic heterocycles. The van der Waals surface area contributed by atoms with Gasteiger partial charge in [-0.25, -0.2) is 0 Å². The van der Waals surface area contributed by atoms with E-state index in [9.17, 15) is 0 Å². The molecule has 0 fully saturated rings. The smallest absolute Gasteiger partial charge is 0.107 e. The van der Waals surface area contributed by atoms with Crippen LogP contribution in [0.2, 0.25) is 5.02 Å². The molecule has 0 aliphatic rings. The Morgan fingerprint density at radius 3 is 2.29 bits per heavy atom. The summed E-state index contributed by atoms with van der Waals surface area (Å²) in [6, 6.07) is 6.52. The van der Waals surface area contributed by atoms with Crippen molar-refractivity contribution < 1.29 is 15.3 Å². The minimum absolute atomic E-state index is 0.275. The largest absolute Gasteiger partial charge is 0.394 e. The number of benzene rings is 1. The number of nitrogens with one attached hydrogen (secondary N) is 1. The zero-order chi connectivity index (χ0) is 12.9. The molecule has 0 amide bonds. The van der Waals surface area contributed by atoms with Crippen LogP contribution in [0.5, 0.6) is 0 Å². The monoisotopic (exact) mass is 256 g/mol. The van der Waals surface area contributed by atoms with Crippen molar-refractivity contribution in [3.05, 3.63) is 28.8 Å². The highest BCUT2D eigenvalue weighted by molar-refractivity contribution is 6.30. The molecule has 0 heterocycles. The Morgan fingerprint density at radius 2 is 1.82 bits per heavy atom. The fraction of sp³-hybridized carbons (Fsp3) is 0.364. The number of rotatable bonds is 5. The Morgan fingerprint density at radius 1 is 1.24 bits per heavy atom. The Hall–Kier alpha value is -1.32. The molecule has 0 saturated heterocycles. The van der Waals surface area contributed by atoms with Crippen LogP contribution in [-0.2, 0) is 0 Å². The van der Waals surface area contributed by atoms with Gasteiger partial charge in [0.2, 0.25) is 0 Å². The van der Waals surface area contributed by atoms with E-state index >= 15 is 0 Å². The molecule has 4 N–H and O–H groups in total. The van der Waals surface area contributed by atoms with Gasteiger partial charge in [-0.05, 0) is 18.2 Å². The van der Waals surface area contributed by atoms with Gasteiger partial charge in [-0.3, -0.25) is 0 Å². The zero-order valence-corrected chi connectivity index (χ0v) is 9.78. The first kappa shape index (κ1) is 13.7. The second-order valence-corrected chi connectivity index (χ2v) is 4.12. The summed E-state index contributed by atoms with van der Waals surface area (Å²) in [6.07, 6.45) is 0. The van der Waals surface area contributed by atoms with Crippen LogP contribution in [0.25, 0.3) is 0 Å². The van der Waals surface area contributed by atoms with Gasteiger partial charge in [-0.1, -0.05) is 11.6 Å². The molecular weight excluding hydrogens is 244 g/mol. The summed E-state index contributed by atoms with van der Waals surface area (Å²) in [5.74, 6) is 0. The predicted octanol–water partition coefficient (Wildman–Crippen LogP) is 0.339. The van der Waals surface area contributed by atoms with Gasteiger partial charge in [-0.2, -0.15) is 5.26 Å². The lowest BCUT2D eigenvalue weighted by atomic mass is 10.0. The normalized spacial score (nSPS) is 11.0. The van der Waals surface area contributed by atoms with Crippen molar-refractivity contribution in [2.45, 2.75) is 5.54 Å².